The molecule has 0 spiro atoms. The molecule has 0 aliphatic carbocycles. The molecule has 1 aliphatic rings. The Balaban J connectivity index is 2.49. The van der Waals surface area contributed by atoms with E-state index in [9.17, 15) is 4.79 Å². The van der Waals surface area contributed by atoms with Crippen molar-refractivity contribution in [2.45, 2.75) is 18.9 Å². The van der Waals surface area contributed by atoms with Crippen LogP contribution in [0.3, 0.4) is 0 Å². The number of amides is 1. The van der Waals surface area contributed by atoms with Crippen LogP contribution in [0.2, 0.25) is 0 Å². The molecule has 16 heavy (non-hydrogen) atoms. The van der Waals surface area contributed by atoms with E-state index in [1.165, 1.54) is 0 Å². The maximum Gasteiger partial charge on any atom is 0.253 e. The summed E-state index contributed by atoms with van der Waals surface area (Å²) in [5.74, 6) is 5.39. The van der Waals surface area contributed by atoms with Crippen LogP contribution < -0.4 is 11.3 Å². The van der Waals surface area contributed by atoms with E-state index in [4.69, 9.17) is 15.7 Å². The molecule has 0 aromatic heterocycles. The highest BCUT2D eigenvalue weighted by atomic mass is 16.5. The Labute approximate surface area is 95.7 Å². The highest BCUT2D eigenvalue weighted by molar-refractivity contribution is 5.81. The minimum atomic E-state index is -0.321. The number of nitrogens with zero attached hydrogens (tertiary/aromatic N) is 1. The highest BCUT2D eigenvalue weighted by Gasteiger charge is 2.31. The molecule has 0 bridgehead atoms. The number of hydrazine groups is 1. The van der Waals surface area contributed by atoms with Crippen LogP contribution in [-0.2, 0) is 9.53 Å². The second kappa shape index (κ2) is 6.80. The Kier molecular flexibility index (Phi) is 5.68. The average Bonchev–Trinajstić information content (AvgIpc) is 2.74. The van der Waals surface area contributed by atoms with E-state index >= 15 is 0 Å². The van der Waals surface area contributed by atoms with Crippen LogP contribution in [0.1, 0.15) is 12.8 Å². The lowest BCUT2D eigenvalue weighted by molar-refractivity contribution is -0.128. The minimum Gasteiger partial charge on any atom is -0.396 e. The fraction of sp³-hybridized carbons (Fsp3) is 0.900. The fourth-order valence-electron chi connectivity index (χ4n) is 2.16. The molecule has 1 heterocycles. The minimum absolute atomic E-state index is 0.205. The van der Waals surface area contributed by atoms with Crippen molar-refractivity contribution in [3.63, 3.8) is 0 Å². The molecular weight excluding hydrogens is 210 g/mol. The molecule has 2 atom stereocenters. The largest absolute Gasteiger partial charge is 0.396 e. The average molecular weight is 231 g/mol. The van der Waals surface area contributed by atoms with Gasteiger partial charge in [0.05, 0.1) is 6.61 Å². The number of carbonyl (C=O) groups excluding carboxylic acids is 1. The van der Waals surface area contributed by atoms with Gasteiger partial charge in [-0.2, -0.15) is 0 Å². The molecule has 1 rings (SSSR count). The molecule has 1 aliphatic heterocycles. The number of rotatable bonds is 6. The van der Waals surface area contributed by atoms with Crippen molar-refractivity contribution in [2.75, 3.05) is 33.4 Å². The van der Waals surface area contributed by atoms with Crippen molar-refractivity contribution in [1.29, 1.82) is 0 Å². The first-order chi connectivity index (χ1) is 7.72. The molecule has 1 amide bonds. The second-order valence-corrected chi connectivity index (χ2v) is 4.14. The normalized spacial score (nSPS) is 23.3. The lowest BCUT2D eigenvalue weighted by Crippen LogP contribution is -2.50. The number of hydrogen-bond donors (Lipinski definition) is 3. The zero-order valence-electron chi connectivity index (χ0n) is 9.69. The highest BCUT2D eigenvalue weighted by Crippen LogP contribution is 2.21. The van der Waals surface area contributed by atoms with Crippen LogP contribution in [0.15, 0.2) is 0 Å². The fourth-order valence-corrected chi connectivity index (χ4v) is 2.16. The van der Waals surface area contributed by atoms with Gasteiger partial charge in [0.25, 0.3) is 5.91 Å². The molecule has 4 N–H and O–H groups in total. The van der Waals surface area contributed by atoms with E-state index in [0.717, 1.165) is 25.9 Å². The molecule has 94 valence electrons. The summed E-state index contributed by atoms with van der Waals surface area (Å²) in [6.45, 7) is 2.22. The quantitative estimate of drug-likeness (QED) is 0.300. The molecule has 0 saturated carbocycles. The van der Waals surface area contributed by atoms with E-state index < -0.39 is 0 Å². The molecule has 0 aromatic rings. The van der Waals surface area contributed by atoms with Gasteiger partial charge in [0, 0.05) is 20.3 Å². The lowest BCUT2D eigenvalue weighted by atomic mass is 10.1. The number of carbonyl (C=O) groups is 1. The summed E-state index contributed by atoms with van der Waals surface area (Å²) in [6, 6.07) is -0.321. The summed E-state index contributed by atoms with van der Waals surface area (Å²) in [6.07, 6.45) is 1.80. The number of aliphatic hydroxyl groups is 1. The Hall–Kier alpha value is -0.690. The molecule has 6 heteroatoms. The summed E-state index contributed by atoms with van der Waals surface area (Å²) in [5, 5.41) is 8.87. The van der Waals surface area contributed by atoms with Gasteiger partial charge in [0.15, 0.2) is 0 Å². The van der Waals surface area contributed by atoms with E-state index in [2.05, 4.69) is 10.3 Å². The summed E-state index contributed by atoms with van der Waals surface area (Å²) in [4.78, 5) is 13.6. The number of ether oxygens (including phenoxy) is 1. The SMILES string of the molecule is COCC(C(=O)NN)N1CCC(CCO)C1. The van der Waals surface area contributed by atoms with Crippen LogP contribution in [0.5, 0.6) is 0 Å². The zero-order chi connectivity index (χ0) is 12.0. The second-order valence-electron chi connectivity index (χ2n) is 4.14. The van der Waals surface area contributed by atoms with Gasteiger partial charge in [-0.3, -0.25) is 15.1 Å². The number of hydrogen-bond acceptors (Lipinski definition) is 5. The summed E-state index contributed by atoms with van der Waals surface area (Å²) < 4.78 is 5.03. The van der Waals surface area contributed by atoms with Crippen LogP contribution >= 0.6 is 0 Å². The third kappa shape index (κ3) is 3.41. The topological polar surface area (TPSA) is 87.8 Å². The molecule has 2 unspecified atom stereocenters. The number of nitrogens with one attached hydrogen (secondary N) is 1. The van der Waals surface area contributed by atoms with Gasteiger partial charge in [-0.05, 0) is 25.3 Å². The summed E-state index contributed by atoms with van der Waals surface area (Å²) in [7, 11) is 1.57. The van der Waals surface area contributed by atoms with Crippen molar-refractivity contribution in [3.05, 3.63) is 0 Å². The zero-order valence-corrected chi connectivity index (χ0v) is 9.69. The maximum absolute atomic E-state index is 11.5. The van der Waals surface area contributed by atoms with Crippen LogP contribution in [0, 0.1) is 5.92 Å². The molecule has 1 fully saturated rings. The summed E-state index contributed by atoms with van der Waals surface area (Å²) >= 11 is 0. The van der Waals surface area contributed by atoms with Gasteiger partial charge in [0.2, 0.25) is 0 Å². The van der Waals surface area contributed by atoms with Crippen molar-refractivity contribution in [2.24, 2.45) is 11.8 Å². The van der Waals surface area contributed by atoms with Crippen LogP contribution in [0.25, 0.3) is 0 Å². The summed E-state index contributed by atoms with van der Waals surface area (Å²) in [5.41, 5.74) is 2.16. The molecular formula is C10H21N3O3. The Morgan fingerprint density at radius 1 is 1.75 bits per heavy atom. The van der Waals surface area contributed by atoms with Crippen molar-refractivity contribution < 1.29 is 14.6 Å². The lowest BCUT2D eigenvalue weighted by Gasteiger charge is -2.25. The predicted molar refractivity (Wildman–Crippen MR) is 59.4 cm³/mol. The van der Waals surface area contributed by atoms with Gasteiger partial charge >= 0.3 is 0 Å². The number of aliphatic hydroxyl groups excluding tert-OH is 1. The molecule has 6 nitrogen and oxygen atoms in total. The van der Waals surface area contributed by atoms with Crippen molar-refractivity contribution in [1.82, 2.24) is 10.3 Å². The molecule has 0 aromatic carbocycles. The first-order valence-electron chi connectivity index (χ1n) is 5.57. The van der Waals surface area contributed by atoms with E-state index in [1.54, 1.807) is 7.11 Å². The Morgan fingerprint density at radius 3 is 3.06 bits per heavy atom. The third-order valence-corrected chi connectivity index (χ3v) is 3.06. The van der Waals surface area contributed by atoms with E-state index in [1.807, 2.05) is 0 Å². The smallest absolute Gasteiger partial charge is 0.253 e. The predicted octanol–water partition coefficient (Wildman–Crippen LogP) is -1.30. The first-order valence-corrected chi connectivity index (χ1v) is 5.57. The van der Waals surface area contributed by atoms with E-state index in [0.29, 0.717) is 12.5 Å². The van der Waals surface area contributed by atoms with Gasteiger partial charge < -0.3 is 9.84 Å². The standard InChI is InChI=1S/C10H21N3O3/c1-16-7-9(10(15)12-11)13-4-2-8(6-13)3-5-14/h8-9,14H,2-7,11H2,1H3,(H,12,15). The monoisotopic (exact) mass is 231 g/mol. The Morgan fingerprint density at radius 2 is 2.50 bits per heavy atom. The van der Waals surface area contributed by atoms with Gasteiger partial charge in [-0.15, -0.1) is 0 Å². The molecule has 1 saturated heterocycles. The van der Waals surface area contributed by atoms with E-state index in [-0.39, 0.29) is 18.6 Å². The van der Waals surface area contributed by atoms with Crippen LogP contribution in [-0.4, -0.2) is 55.4 Å². The van der Waals surface area contributed by atoms with Gasteiger partial charge in [0.1, 0.15) is 6.04 Å². The number of methoxy groups -OCH3 is 1. The van der Waals surface area contributed by atoms with Crippen LogP contribution in [0.4, 0.5) is 0 Å². The van der Waals surface area contributed by atoms with Gasteiger partial charge in [-0.25, -0.2) is 5.84 Å². The number of likely N-dealkylation sites (tertiary alicyclic amines) is 1. The Bertz CT molecular complexity index is 225. The van der Waals surface area contributed by atoms with Gasteiger partial charge in [-0.1, -0.05) is 0 Å². The number of nitrogens with two attached hydrogens (primary N) is 1. The third-order valence-electron chi connectivity index (χ3n) is 3.06. The maximum atomic E-state index is 11.5. The molecule has 0 radical (unpaired) electrons. The first kappa shape index (κ1) is 13.4. The van der Waals surface area contributed by atoms with Crippen molar-refractivity contribution in [3.8, 4) is 0 Å². The van der Waals surface area contributed by atoms with Crippen molar-refractivity contribution >= 4 is 5.91 Å².